The highest BCUT2D eigenvalue weighted by atomic mass is 32.1. The van der Waals surface area contributed by atoms with Crippen LogP contribution in [0, 0.1) is 6.92 Å². The van der Waals surface area contributed by atoms with E-state index >= 15 is 0 Å². The van der Waals surface area contributed by atoms with Crippen molar-refractivity contribution in [2.75, 3.05) is 17.2 Å². The maximum Gasteiger partial charge on any atom is 0.267 e. The highest BCUT2D eigenvalue weighted by molar-refractivity contribution is 7.17. The largest absolute Gasteiger partial charge is 0.358 e. The number of aryl methyl sites for hydroxylation is 1. The van der Waals surface area contributed by atoms with Gasteiger partial charge in [0.2, 0.25) is 0 Å². The molecule has 0 fully saturated rings. The Labute approximate surface area is 116 Å². The smallest absolute Gasteiger partial charge is 0.267 e. The molecule has 0 aliphatic carbocycles. The van der Waals surface area contributed by atoms with Gasteiger partial charge in [-0.25, -0.2) is 4.98 Å². The normalized spacial score (nSPS) is 9.95. The molecule has 5 heteroatoms. The predicted molar refractivity (Wildman–Crippen MR) is 79.9 cm³/mol. The van der Waals surface area contributed by atoms with E-state index in [0.717, 1.165) is 16.5 Å². The van der Waals surface area contributed by atoms with Crippen LogP contribution in [0.3, 0.4) is 0 Å². The molecule has 4 nitrogen and oxygen atoms in total. The highest BCUT2D eigenvalue weighted by Gasteiger charge is 2.15. The number of hydrogen-bond acceptors (Lipinski definition) is 4. The summed E-state index contributed by atoms with van der Waals surface area (Å²) < 4.78 is 0. The minimum atomic E-state index is -0.132. The number of aromatic nitrogens is 1. The fourth-order valence-electron chi connectivity index (χ4n) is 1.55. The van der Waals surface area contributed by atoms with Gasteiger partial charge in [-0.1, -0.05) is 35.6 Å². The molecule has 2 rings (SSSR count). The number of nitrogens with zero attached hydrogens (tertiary/aromatic N) is 1. The zero-order valence-electron chi connectivity index (χ0n) is 10.6. The molecule has 0 atom stereocenters. The highest BCUT2D eigenvalue weighted by Crippen LogP contribution is 2.23. The fourth-order valence-corrected chi connectivity index (χ4v) is 2.42. The summed E-state index contributed by atoms with van der Waals surface area (Å²) >= 11 is 1.34. The van der Waals surface area contributed by atoms with E-state index in [4.69, 9.17) is 0 Å². The van der Waals surface area contributed by atoms with E-state index in [1.165, 1.54) is 11.3 Å². The van der Waals surface area contributed by atoms with Crippen molar-refractivity contribution in [1.82, 2.24) is 4.98 Å². The van der Waals surface area contributed by atoms with E-state index in [9.17, 15) is 4.79 Å². The molecule has 0 saturated carbocycles. The van der Waals surface area contributed by atoms with E-state index in [0.29, 0.717) is 11.4 Å². The molecular weight excluding hydrogens is 258 g/mol. The van der Waals surface area contributed by atoms with E-state index in [-0.39, 0.29) is 5.91 Å². The van der Waals surface area contributed by atoms with Gasteiger partial charge in [-0.3, -0.25) is 4.79 Å². The molecule has 2 aromatic rings. The molecule has 1 aromatic carbocycles. The van der Waals surface area contributed by atoms with Crippen molar-refractivity contribution in [1.29, 1.82) is 0 Å². The quantitative estimate of drug-likeness (QED) is 0.822. The maximum absolute atomic E-state index is 12.1. The maximum atomic E-state index is 12.1. The van der Waals surface area contributed by atoms with Gasteiger partial charge in [0.05, 0.1) is 5.69 Å². The zero-order valence-corrected chi connectivity index (χ0v) is 11.5. The predicted octanol–water partition coefficient (Wildman–Crippen LogP) is 3.30. The molecule has 0 spiro atoms. The number of nitrogens with one attached hydrogen (secondary N) is 2. The van der Waals surface area contributed by atoms with Crippen molar-refractivity contribution in [2.45, 2.75) is 6.92 Å². The van der Waals surface area contributed by atoms with Crippen LogP contribution >= 0.6 is 11.3 Å². The first kappa shape index (κ1) is 13.3. The van der Waals surface area contributed by atoms with Crippen molar-refractivity contribution in [3.05, 3.63) is 53.6 Å². The number of anilines is 2. The summed E-state index contributed by atoms with van der Waals surface area (Å²) in [6.07, 6.45) is 1.75. The van der Waals surface area contributed by atoms with Gasteiger partial charge in [-0.15, -0.1) is 6.58 Å². The first-order valence-electron chi connectivity index (χ1n) is 5.89. The summed E-state index contributed by atoms with van der Waals surface area (Å²) in [6, 6.07) is 9.37. The molecule has 0 aliphatic rings. The summed E-state index contributed by atoms with van der Waals surface area (Å²) in [5.41, 5.74) is 1.51. The standard InChI is InChI=1S/C14H15N3OS/c1-3-9-15-14-16-10(2)12(19-14)13(18)17-11-7-5-4-6-8-11/h3-8H,1,9H2,2H3,(H,15,16)(H,17,18). The zero-order chi connectivity index (χ0) is 13.7. The molecule has 1 amide bonds. The van der Waals surface area contributed by atoms with Crippen LogP contribution in [0.4, 0.5) is 10.8 Å². The number of para-hydroxylation sites is 1. The Morgan fingerprint density at radius 3 is 2.84 bits per heavy atom. The molecule has 0 radical (unpaired) electrons. The molecule has 98 valence electrons. The van der Waals surface area contributed by atoms with Gasteiger partial charge >= 0.3 is 0 Å². The van der Waals surface area contributed by atoms with Crippen LogP contribution in [0.1, 0.15) is 15.4 Å². The fraction of sp³-hybridized carbons (Fsp3) is 0.143. The molecule has 19 heavy (non-hydrogen) atoms. The van der Waals surface area contributed by atoms with Crippen molar-refractivity contribution in [2.24, 2.45) is 0 Å². The minimum Gasteiger partial charge on any atom is -0.358 e. The third-order valence-electron chi connectivity index (χ3n) is 2.43. The lowest BCUT2D eigenvalue weighted by Crippen LogP contribution is -2.11. The van der Waals surface area contributed by atoms with E-state index < -0.39 is 0 Å². The van der Waals surface area contributed by atoms with Crippen molar-refractivity contribution >= 4 is 28.1 Å². The second-order valence-corrected chi connectivity index (χ2v) is 4.92. The SMILES string of the molecule is C=CCNc1nc(C)c(C(=O)Nc2ccccc2)s1. The summed E-state index contributed by atoms with van der Waals surface area (Å²) in [6.45, 7) is 6.09. The van der Waals surface area contributed by atoms with Gasteiger partial charge in [-0.2, -0.15) is 0 Å². The van der Waals surface area contributed by atoms with Gasteiger partial charge in [0.1, 0.15) is 4.88 Å². The average molecular weight is 273 g/mol. The van der Waals surface area contributed by atoms with Crippen LogP contribution in [0.25, 0.3) is 0 Å². The van der Waals surface area contributed by atoms with Gasteiger partial charge in [0.25, 0.3) is 5.91 Å². The second kappa shape index (κ2) is 6.15. The Balaban J connectivity index is 2.10. The van der Waals surface area contributed by atoms with Crippen molar-refractivity contribution in [3.8, 4) is 0 Å². The topological polar surface area (TPSA) is 54.0 Å². The third-order valence-corrected chi connectivity index (χ3v) is 3.55. The Bertz CT molecular complexity index is 578. The van der Waals surface area contributed by atoms with E-state index in [1.807, 2.05) is 37.3 Å². The number of rotatable bonds is 5. The molecule has 0 aliphatic heterocycles. The number of hydrogen-bond donors (Lipinski definition) is 2. The number of benzene rings is 1. The lowest BCUT2D eigenvalue weighted by molar-refractivity contribution is 0.103. The Kier molecular flexibility index (Phi) is 4.30. The molecule has 1 heterocycles. The van der Waals surface area contributed by atoms with Gasteiger partial charge in [0, 0.05) is 12.2 Å². The molecule has 1 aromatic heterocycles. The molecule has 0 unspecified atom stereocenters. The van der Waals surface area contributed by atoms with E-state index in [1.54, 1.807) is 6.08 Å². The third kappa shape index (κ3) is 3.42. The van der Waals surface area contributed by atoms with Gasteiger partial charge < -0.3 is 10.6 Å². The van der Waals surface area contributed by atoms with E-state index in [2.05, 4.69) is 22.2 Å². The number of carbonyl (C=O) groups excluding carboxylic acids is 1. The minimum absolute atomic E-state index is 0.132. The number of thiazole rings is 1. The first-order valence-corrected chi connectivity index (χ1v) is 6.71. The van der Waals surface area contributed by atoms with Gasteiger partial charge in [-0.05, 0) is 19.1 Å². The monoisotopic (exact) mass is 273 g/mol. The summed E-state index contributed by atoms with van der Waals surface area (Å²) in [5, 5.41) is 6.67. The van der Waals surface area contributed by atoms with Crippen LogP contribution in [0.5, 0.6) is 0 Å². The molecular formula is C14H15N3OS. The van der Waals surface area contributed by atoms with Crippen molar-refractivity contribution in [3.63, 3.8) is 0 Å². The summed E-state index contributed by atoms with van der Waals surface area (Å²) in [5.74, 6) is -0.132. The van der Waals surface area contributed by atoms with Crippen LogP contribution in [0.2, 0.25) is 0 Å². The number of amides is 1. The molecule has 0 saturated heterocycles. The number of carbonyl (C=O) groups is 1. The Hall–Kier alpha value is -2.14. The molecule has 2 N–H and O–H groups in total. The van der Waals surface area contributed by atoms with Crippen LogP contribution in [-0.4, -0.2) is 17.4 Å². The Morgan fingerprint density at radius 2 is 2.16 bits per heavy atom. The van der Waals surface area contributed by atoms with Crippen LogP contribution in [-0.2, 0) is 0 Å². The van der Waals surface area contributed by atoms with Crippen molar-refractivity contribution < 1.29 is 4.79 Å². The summed E-state index contributed by atoms with van der Waals surface area (Å²) in [7, 11) is 0. The summed E-state index contributed by atoms with van der Waals surface area (Å²) in [4.78, 5) is 17.1. The molecule has 0 bridgehead atoms. The van der Waals surface area contributed by atoms with Gasteiger partial charge in [0.15, 0.2) is 5.13 Å². The average Bonchev–Trinajstić information content (AvgIpc) is 2.79. The lowest BCUT2D eigenvalue weighted by Gasteiger charge is -2.02. The first-order chi connectivity index (χ1) is 9.20. The van der Waals surface area contributed by atoms with Crippen LogP contribution in [0.15, 0.2) is 43.0 Å². The lowest BCUT2D eigenvalue weighted by atomic mass is 10.3. The van der Waals surface area contributed by atoms with Crippen LogP contribution < -0.4 is 10.6 Å². The second-order valence-electron chi connectivity index (χ2n) is 3.92. The Morgan fingerprint density at radius 1 is 1.42 bits per heavy atom.